The minimum Gasteiger partial charge on any atom is -0.0657 e. The summed E-state index contributed by atoms with van der Waals surface area (Å²) in [6.45, 7) is 58.1. The van der Waals surface area contributed by atoms with E-state index in [1.54, 1.807) is 0 Å². The van der Waals surface area contributed by atoms with E-state index in [4.69, 9.17) is 0 Å². The molecule has 410 valence electrons. The largest absolute Gasteiger partial charge is 0.243 e. The van der Waals surface area contributed by atoms with Crippen molar-refractivity contribution in [3.05, 3.63) is 164 Å². The van der Waals surface area contributed by atoms with Crippen molar-refractivity contribution in [2.45, 2.75) is 237 Å². The molecule has 78 heavy (non-hydrogen) atoms. The zero-order valence-electron chi connectivity index (χ0n) is 53.3. The fraction of sp³-hybridized carbons (Fsp3) is 0.474. The molecule has 0 amide bonds. The Kier molecular flexibility index (Phi) is 17.6. The van der Waals surface area contributed by atoms with E-state index in [1.807, 2.05) is 0 Å². The number of hydrogen-bond donors (Lipinski definition) is 0. The van der Waals surface area contributed by atoms with Gasteiger partial charge in [0.05, 0.1) is 0 Å². The first-order valence-corrected chi connectivity index (χ1v) is 31.1. The lowest BCUT2D eigenvalue weighted by Crippen LogP contribution is -2.58. The monoisotopic (exact) mass is 1030 g/mol. The van der Waals surface area contributed by atoms with Crippen LogP contribution in [0.5, 0.6) is 0 Å². The smallest absolute Gasteiger partial charge is 0.0657 e. The van der Waals surface area contributed by atoms with E-state index in [0.29, 0.717) is 71.0 Å². The molecular formula is C76H100B2. The lowest BCUT2D eigenvalue weighted by atomic mass is 9.32. The Labute approximate surface area is 476 Å². The van der Waals surface area contributed by atoms with Gasteiger partial charge >= 0.3 is 0 Å². The molecule has 0 N–H and O–H groups in total. The van der Waals surface area contributed by atoms with Crippen molar-refractivity contribution < 1.29 is 0 Å². The maximum atomic E-state index is 2.60. The maximum absolute atomic E-state index is 2.60. The minimum absolute atomic E-state index is 0.0251. The molecule has 0 unspecified atom stereocenters. The van der Waals surface area contributed by atoms with Gasteiger partial charge in [-0.05, 0) is 170 Å². The summed E-state index contributed by atoms with van der Waals surface area (Å²) in [4.78, 5) is 0. The normalized spacial score (nSPS) is 12.7. The fourth-order valence-electron chi connectivity index (χ4n) is 13.6. The summed E-state index contributed by atoms with van der Waals surface area (Å²) < 4.78 is 0. The molecule has 0 nitrogen and oxygen atoms in total. The molecule has 8 rings (SSSR count). The SMILES string of the molecule is CC(C)c1cc(C(C)C)c(B(c2c(C(C)C)cc(C(C)C)cc2C(C)C)c2ccc3ccc4c(B(c5c(C(C)C)cc(C(C)C)cc5C(C)C)c5c(C(C)C)cc(C(C)C)cc5C(C)C)ccc5ccc2c3c54)c(C(C)C)c1. The summed E-state index contributed by atoms with van der Waals surface area (Å²) in [5, 5.41) is 8.24. The highest BCUT2D eigenvalue weighted by Crippen LogP contribution is 2.38. The van der Waals surface area contributed by atoms with Gasteiger partial charge in [0.15, 0.2) is 0 Å². The molecule has 0 radical (unpaired) electrons. The van der Waals surface area contributed by atoms with Gasteiger partial charge in [0.2, 0.25) is 13.4 Å². The molecule has 8 aromatic carbocycles. The second-order valence-electron chi connectivity index (χ2n) is 27.9. The van der Waals surface area contributed by atoms with Crippen molar-refractivity contribution >= 4 is 78.5 Å². The van der Waals surface area contributed by atoms with E-state index in [1.165, 1.54) is 132 Å². The second-order valence-corrected chi connectivity index (χ2v) is 27.9. The number of hydrogen-bond acceptors (Lipinski definition) is 0. The highest BCUT2D eigenvalue weighted by atomic mass is 14.3. The van der Waals surface area contributed by atoms with Crippen LogP contribution < -0.4 is 32.8 Å². The molecule has 0 heterocycles. The molecule has 0 saturated carbocycles. The summed E-state index contributed by atoms with van der Waals surface area (Å²) in [5.41, 5.74) is 26.8. The first kappa shape index (κ1) is 59.1. The van der Waals surface area contributed by atoms with Gasteiger partial charge in [-0.3, -0.25) is 0 Å². The third-order valence-electron chi connectivity index (χ3n) is 18.2. The van der Waals surface area contributed by atoms with Crippen LogP contribution >= 0.6 is 0 Å². The summed E-state index contributed by atoms with van der Waals surface area (Å²) in [7, 11) is 0. The first-order chi connectivity index (χ1) is 36.7. The third-order valence-corrected chi connectivity index (χ3v) is 18.2. The molecule has 0 fully saturated rings. The van der Waals surface area contributed by atoms with Gasteiger partial charge < -0.3 is 0 Å². The molecular weight excluding hydrogens is 934 g/mol. The predicted octanol–water partition coefficient (Wildman–Crippen LogP) is 19.1. The Morgan fingerprint density at radius 2 is 0.397 bits per heavy atom. The van der Waals surface area contributed by atoms with Crippen LogP contribution in [0.25, 0.3) is 32.3 Å². The lowest BCUT2D eigenvalue weighted by molar-refractivity contribution is 0.809. The average Bonchev–Trinajstić information content (AvgIpc) is 3.40. The van der Waals surface area contributed by atoms with Gasteiger partial charge in [-0.2, -0.15) is 0 Å². The van der Waals surface area contributed by atoms with Gasteiger partial charge in [-0.15, -0.1) is 0 Å². The Morgan fingerprint density at radius 3 is 0.564 bits per heavy atom. The molecule has 0 aliphatic carbocycles. The van der Waals surface area contributed by atoms with Crippen molar-refractivity contribution in [1.29, 1.82) is 0 Å². The van der Waals surface area contributed by atoms with E-state index < -0.39 is 0 Å². The molecule has 0 aliphatic rings. The summed E-state index contributed by atoms with van der Waals surface area (Å²) >= 11 is 0. The number of rotatable bonds is 18. The van der Waals surface area contributed by atoms with Crippen molar-refractivity contribution in [3.63, 3.8) is 0 Å². The van der Waals surface area contributed by atoms with Crippen LogP contribution in [0, 0.1) is 0 Å². The van der Waals surface area contributed by atoms with Gasteiger partial charge in [0.25, 0.3) is 0 Å². The molecule has 0 saturated heterocycles. The fourth-order valence-corrected chi connectivity index (χ4v) is 13.6. The lowest BCUT2D eigenvalue weighted by Gasteiger charge is -2.33. The summed E-state index contributed by atoms with van der Waals surface area (Å²) in [6.07, 6.45) is 0. The molecule has 2 heteroatoms. The quantitative estimate of drug-likeness (QED) is 0.0593. The van der Waals surface area contributed by atoms with Gasteiger partial charge in [0.1, 0.15) is 0 Å². The van der Waals surface area contributed by atoms with Crippen LogP contribution in [0.3, 0.4) is 0 Å². The highest BCUT2D eigenvalue weighted by Gasteiger charge is 2.38. The highest BCUT2D eigenvalue weighted by molar-refractivity contribution is 6.99. The average molecular weight is 1040 g/mol. The minimum atomic E-state index is 0.0251. The van der Waals surface area contributed by atoms with Crippen LogP contribution in [0.1, 0.15) is 304 Å². The Bertz CT molecular complexity index is 2940. The van der Waals surface area contributed by atoms with Gasteiger partial charge in [0, 0.05) is 0 Å². The van der Waals surface area contributed by atoms with Crippen molar-refractivity contribution in [3.8, 4) is 0 Å². The molecule has 0 bridgehead atoms. The zero-order chi connectivity index (χ0) is 57.3. The van der Waals surface area contributed by atoms with E-state index in [9.17, 15) is 0 Å². The molecule has 0 aromatic heterocycles. The van der Waals surface area contributed by atoms with Crippen LogP contribution in [0.15, 0.2) is 97.1 Å². The van der Waals surface area contributed by atoms with E-state index in [-0.39, 0.29) is 13.4 Å². The Hall–Kier alpha value is -5.07. The Morgan fingerprint density at radius 1 is 0.218 bits per heavy atom. The molecule has 8 aromatic rings. The van der Waals surface area contributed by atoms with Crippen LogP contribution in [0.2, 0.25) is 0 Å². The standard InChI is InChI=1S/C76H100B2/c1-41(2)55-33-61(45(9)10)73(62(34-55)46(11)12)77(74-63(47(13)14)35-56(42(3)4)36-64(74)48(15)16)69-31-27-53-26-30-60-70(32-28-54-25-29-59(69)71(53)72(54)60)78(75-65(49(17)18)37-57(43(5)6)38-66(75)50(19)20)76-67(51(21)22)39-58(44(7)8)40-68(76)52(23)24/h25-52H,1-24H3. The third kappa shape index (κ3) is 10.8. The van der Waals surface area contributed by atoms with Gasteiger partial charge in [-0.1, -0.05) is 296 Å². The summed E-state index contributed by atoms with van der Waals surface area (Å²) in [5.74, 6) is 4.52. The van der Waals surface area contributed by atoms with E-state index >= 15 is 0 Å². The number of benzene rings is 8. The van der Waals surface area contributed by atoms with Gasteiger partial charge in [-0.25, -0.2) is 0 Å². The molecule has 0 atom stereocenters. The van der Waals surface area contributed by atoms with Crippen molar-refractivity contribution in [2.24, 2.45) is 0 Å². The summed E-state index contributed by atoms with van der Waals surface area (Å²) in [6, 6.07) is 41.0. The van der Waals surface area contributed by atoms with Crippen LogP contribution in [-0.4, -0.2) is 13.4 Å². The Balaban J connectivity index is 1.61. The predicted molar refractivity (Wildman–Crippen MR) is 354 cm³/mol. The molecule has 0 spiro atoms. The van der Waals surface area contributed by atoms with Crippen molar-refractivity contribution in [1.82, 2.24) is 0 Å². The van der Waals surface area contributed by atoms with Crippen LogP contribution in [-0.2, 0) is 0 Å². The van der Waals surface area contributed by atoms with Crippen LogP contribution in [0.4, 0.5) is 0 Å². The molecule has 0 aliphatic heterocycles. The zero-order valence-corrected chi connectivity index (χ0v) is 53.3. The topological polar surface area (TPSA) is 0 Å². The second kappa shape index (κ2) is 23.2. The maximum Gasteiger partial charge on any atom is 0.243 e. The first-order valence-electron chi connectivity index (χ1n) is 31.1. The van der Waals surface area contributed by atoms with E-state index in [2.05, 4.69) is 263 Å². The van der Waals surface area contributed by atoms with Crippen molar-refractivity contribution in [2.75, 3.05) is 0 Å². The van der Waals surface area contributed by atoms with E-state index in [0.717, 1.165) is 0 Å².